The molecule has 3 atom stereocenters. The molecular weight excluding hydrogens is 521 g/mol. The highest BCUT2D eigenvalue weighted by Crippen LogP contribution is 2.54. The monoisotopic (exact) mass is 554 g/mol. The fourth-order valence-electron chi connectivity index (χ4n) is 6.25. The summed E-state index contributed by atoms with van der Waals surface area (Å²) in [4.78, 5) is 29.3. The van der Waals surface area contributed by atoms with Crippen LogP contribution in [0.4, 0.5) is 13.2 Å². The number of alkyl halides is 3. The Morgan fingerprint density at radius 2 is 1.95 bits per heavy atom. The number of rotatable bonds is 5. The van der Waals surface area contributed by atoms with Crippen LogP contribution < -0.4 is 0 Å². The molecule has 40 heavy (non-hydrogen) atoms. The number of hydrogen-bond acceptors (Lipinski definition) is 5. The van der Waals surface area contributed by atoms with E-state index >= 15 is 0 Å². The molecular formula is C31H33F3N2O4. The van der Waals surface area contributed by atoms with Crippen LogP contribution in [0.3, 0.4) is 0 Å². The van der Waals surface area contributed by atoms with Crippen LogP contribution in [0.1, 0.15) is 49.3 Å². The van der Waals surface area contributed by atoms with Gasteiger partial charge in [-0.2, -0.15) is 13.2 Å². The highest BCUT2D eigenvalue weighted by Gasteiger charge is 2.61. The molecule has 1 amide bonds. The zero-order valence-electron chi connectivity index (χ0n) is 22.6. The van der Waals surface area contributed by atoms with Crippen LogP contribution in [0.15, 0.2) is 61.2 Å². The SMILES string of the molecule is C=CCN1CC[C@@]2(c3cccc(O)c3)C[C@@H](N(C)C(=O)C#Cc3ccc(C(F)(F)F)cc3)CC[C@]2(OC(C)=O)C1. The standard InChI is InChI=1S/C31H33F3N2O4/c1-4-17-36-18-16-29(25-6-5-7-27(38)19-25)20-26(14-15-30(29,21-36)40-22(2)37)35(3)28(39)13-10-23-8-11-24(12-9-23)31(32,33)34/h4-9,11-12,19,26,38H,1,14-18,20-21H2,2-3H3/t26-,29-,30-/m0/s1. The van der Waals surface area contributed by atoms with Crippen LogP contribution in [0.25, 0.3) is 0 Å². The molecule has 2 fully saturated rings. The summed E-state index contributed by atoms with van der Waals surface area (Å²) in [5.41, 5.74) is -1.18. The second kappa shape index (κ2) is 11.4. The first kappa shape index (κ1) is 29.2. The first-order valence-corrected chi connectivity index (χ1v) is 13.2. The summed E-state index contributed by atoms with van der Waals surface area (Å²) in [5.74, 6) is 4.49. The van der Waals surface area contributed by atoms with E-state index in [-0.39, 0.29) is 11.8 Å². The first-order valence-electron chi connectivity index (χ1n) is 13.2. The summed E-state index contributed by atoms with van der Waals surface area (Å²) in [7, 11) is 1.66. The molecule has 1 N–H and O–H groups in total. The molecule has 2 aliphatic rings. The van der Waals surface area contributed by atoms with E-state index in [1.807, 2.05) is 12.1 Å². The lowest BCUT2D eigenvalue weighted by atomic mass is 9.55. The highest BCUT2D eigenvalue weighted by molar-refractivity contribution is 5.94. The van der Waals surface area contributed by atoms with Gasteiger partial charge in [-0.05, 0) is 74.2 Å². The maximum atomic E-state index is 13.1. The van der Waals surface area contributed by atoms with E-state index in [9.17, 15) is 27.9 Å². The number of hydrogen-bond donors (Lipinski definition) is 1. The highest BCUT2D eigenvalue weighted by atomic mass is 19.4. The number of piperidine rings is 1. The van der Waals surface area contributed by atoms with Crippen LogP contribution in [-0.2, 0) is 25.9 Å². The summed E-state index contributed by atoms with van der Waals surface area (Å²) >= 11 is 0. The molecule has 0 bridgehead atoms. The summed E-state index contributed by atoms with van der Waals surface area (Å²) in [5, 5.41) is 10.4. The van der Waals surface area contributed by atoms with Crippen molar-refractivity contribution in [2.45, 2.75) is 55.8 Å². The van der Waals surface area contributed by atoms with Crippen LogP contribution >= 0.6 is 0 Å². The van der Waals surface area contributed by atoms with E-state index in [1.54, 1.807) is 30.1 Å². The molecule has 2 aromatic rings. The number of phenolic OH excluding ortho intramolecular Hbond substituents is 1. The van der Waals surface area contributed by atoms with Crippen molar-refractivity contribution in [3.8, 4) is 17.6 Å². The van der Waals surface area contributed by atoms with Gasteiger partial charge in [-0.1, -0.05) is 24.1 Å². The Kier molecular flexibility index (Phi) is 8.31. The Morgan fingerprint density at radius 1 is 1.23 bits per heavy atom. The minimum atomic E-state index is -4.45. The molecule has 1 saturated heterocycles. The van der Waals surface area contributed by atoms with Gasteiger partial charge in [-0.3, -0.25) is 14.5 Å². The van der Waals surface area contributed by atoms with E-state index < -0.39 is 34.6 Å². The van der Waals surface area contributed by atoms with Crippen LogP contribution in [0.2, 0.25) is 0 Å². The number of aromatic hydroxyl groups is 1. The molecule has 0 radical (unpaired) electrons. The van der Waals surface area contributed by atoms with Crippen LogP contribution in [0.5, 0.6) is 5.75 Å². The lowest BCUT2D eigenvalue weighted by molar-refractivity contribution is -0.189. The van der Waals surface area contributed by atoms with Gasteiger partial charge in [-0.25, -0.2) is 0 Å². The Labute approximate surface area is 232 Å². The largest absolute Gasteiger partial charge is 0.508 e. The summed E-state index contributed by atoms with van der Waals surface area (Å²) in [6, 6.07) is 11.1. The van der Waals surface area contributed by atoms with E-state index in [4.69, 9.17) is 4.74 Å². The number of carbonyl (C=O) groups is 2. The molecule has 6 nitrogen and oxygen atoms in total. The smallest absolute Gasteiger partial charge is 0.416 e. The first-order chi connectivity index (χ1) is 18.9. The van der Waals surface area contributed by atoms with Crippen molar-refractivity contribution in [2.24, 2.45) is 0 Å². The molecule has 1 saturated carbocycles. The summed E-state index contributed by atoms with van der Waals surface area (Å²) in [6.07, 6.45) is -0.471. The molecule has 0 unspecified atom stereocenters. The molecule has 212 valence electrons. The zero-order valence-corrected chi connectivity index (χ0v) is 22.6. The minimum Gasteiger partial charge on any atom is -0.508 e. The third kappa shape index (κ3) is 5.87. The molecule has 0 spiro atoms. The number of fused-ring (bicyclic) bond motifs is 1. The van der Waals surface area contributed by atoms with Gasteiger partial charge in [0, 0.05) is 50.0 Å². The minimum absolute atomic E-state index is 0.103. The number of halogens is 3. The Balaban J connectivity index is 1.64. The van der Waals surface area contributed by atoms with E-state index in [2.05, 4.69) is 23.3 Å². The van der Waals surface area contributed by atoms with E-state index in [0.29, 0.717) is 50.9 Å². The molecule has 9 heteroatoms. The van der Waals surface area contributed by atoms with Crippen molar-refractivity contribution in [3.63, 3.8) is 0 Å². The van der Waals surface area contributed by atoms with Gasteiger partial charge in [0.2, 0.25) is 0 Å². The molecule has 1 heterocycles. The average Bonchev–Trinajstić information content (AvgIpc) is 2.90. The van der Waals surface area contributed by atoms with Crippen molar-refractivity contribution < 1.29 is 32.6 Å². The third-order valence-electron chi connectivity index (χ3n) is 8.19. The topological polar surface area (TPSA) is 70.1 Å². The van der Waals surface area contributed by atoms with Crippen molar-refractivity contribution in [1.82, 2.24) is 9.80 Å². The lowest BCUT2D eigenvalue weighted by Crippen LogP contribution is -2.68. The lowest BCUT2D eigenvalue weighted by Gasteiger charge is -2.60. The zero-order chi connectivity index (χ0) is 29.1. The van der Waals surface area contributed by atoms with Gasteiger partial charge in [-0.15, -0.1) is 6.58 Å². The quantitative estimate of drug-likeness (QED) is 0.323. The Hall–Kier alpha value is -3.77. The van der Waals surface area contributed by atoms with Crippen LogP contribution in [0, 0.1) is 11.8 Å². The Morgan fingerprint density at radius 3 is 2.58 bits per heavy atom. The van der Waals surface area contributed by atoms with Crippen molar-refractivity contribution >= 4 is 11.9 Å². The number of ether oxygens (including phenoxy) is 1. The number of esters is 1. The average molecular weight is 555 g/mol. The summed E-state index contributed by atoms with van der Waals surface area (Å²) in [6.45, 7) is 7.09. The third-order valence-corrected chi connectivity index (χ3v) is 8.19. The normalized spacial score (nSPS) is 24.7. The van der Waals surface area contributed by atoms with Gasteiger partial charge < -0.3 is 14.7 Å². The molecule has 0 aromatic heterocycles. The Bertz CT molecular complexity index is 1330. The number of nitrogens with zero attached hydrogens (tertiary/aromatic N) is 2. The second-order valence-electron chi connectivity index (χ2n) is 10.6. The summed E-state index contributed by atoms with van der Waals surface area (Å²) < 4.78 is 44.7. The number of phenols is 1. The molecule has 1 aliphatic carbocycles. The van der Waals surface area contributed by atoms with Crippen molar-refractivity contribution in [2.75, 3.05) is 26.7 Å². The predicted molar refractivity (Wildman–Crippen MR) is 144 cm³/mol. The van der Waals surface area contributed by atoms with Crippen molar-refractivity contribution in [3.05, 3.63) is 77.9 Å². The number of carbonyl (C=O) groups excluding carboxylic acids is 2. The maximum Gasteiger partial charge on any atom is 0.416 e. The number of amides is 1. The molecule has 2 aromatic carbocycles. The molecule has 4 rings (SSSR count). The number of likely N-dealkylation sites (tertiary alicyclic amines) is 1. The van der Waals surface area contributed by atoms with Gasteiger partial charge in [0.15, 0.2) is 0 Å². The van der Waals surface area contributed by atoms with Gasteiger partial charge in [0.25, 0.3) is 5.91 Å². The molecule has 1 aliphatic heterocycles. The van der Waals surface area contributed by atoms with Gasteiger partial charge in [0.05, 0.1) is 5.56 Å². The van der Waals surface area contributed by atoms with Gasteiger partial charge >= 0.3 is 12.1 Å². The van der Waals surface area contributed by atoms with Crippen molar-refractivity contribution in [1.29, 1.82) is 0 Å². The second-order valence-corrected chi connectivity index (χ2v) is 10.6. The fraction of sp³-hybridized carbons (Fsp3) is 0.419. The fourth-order valence-corrected chi connectivity index (χ4v) is 6.25. The predicted octanol–water partition coefficient (Wildman–Crippen LogP) is 4.91. The van der Waals surface area contributed by atoms with Crippen LogP contribution in [-0.4, -0.2) is 65.1 Å². The van der Waals surface area contributed by atoms with E-state index in [1.165, 1.54) is 19.1 Å². The van der Waals surface area contributed by atoms with Gasteiger partial charge in [0.1, 0.15) is 11.4 Å². The maximum absolute atomic E-state index is 13.1. The number of benzene rings is 2. The van der Waals surface area contributed by atoms with E-state index in [0.717, 1.165) is 17.7 Å².